The fourth-order valence-corrected chi connectivity index (χ4v) is 4.46. The minimum atomic E-state index is 0.0223. The van der Waals surface area contributed by atoms with E-state index in [0.717, 1.165) is 34.3 Å². The van der Waals surface area contributed by atoms with Gasteiger partial charge in [-0.2, -0.15) is 0 Å². The summed E-state index contributed by atoms with van der Waals surface area (Å²) in [6, 6.07) is 17.2. The van der Waals surface area contributed by atoms with Gasteiger partial charge < -0.3 is 4.42 Å². The molecule has 0 bridgehead atoms. The first-order chi connectivity index (χ1) is 15.8. The zero-order chi connectivity index (χ0) is 23.2. The molecule has 0 spiro atoms. The Balaban J connectivity index is 1.61. The third-order valence-electron chi connectivity index (χ3n) is 6.07. The highest BCUT2D eigenvalue weighted by molar-refractivity contribution is 5.91. The Bertz CT molecular complexity index is 1460. The van der Waals surface area contributed by atoms with Crippen molar-refractivity contribution in [3.63, 3.8) is 0 Å². The number of aromatic nitrogens is 3. The van der Waals surface area contributed by atoms with Crippen LogP contribution < -0.4 is 0 Å². The molecule has 4 heteroatoms. The number of hydrogen-bond acceptors (Lipinski definition) is 4. The third-order valence-corrected chi connectivity index (χ3v) is 6.07. The lowest BCUT2D eigenvalue weighted by Crippen LogP contribution is -2.12. The van der Waals surface area contributed by atoms with E-state index in [0.29, 0.717) is 11.6 Å². The van der Waals surface area contributed by atoms with Crippen molar-refractivity contribution in [3.8, 4) is 22.5 Å². The van der Waals surface area contributed by atoms with Gasteiger partial charge in [0.25, 0.3) is 0 Å². The van der Waals surface area contributed by atoms with Crippen molar-refractivity contribution in [2.75, 3.05) is 0 Å². The van der Waals surface area contributed by atoms with E-state index in [1.165, 1.54) is 21.9 Å². The maximum Gasteiger partial charge on any atom is 0.226 e. The molecule has 2 aromatic carbocycles. The summed E-state index contributed by atoms with van der Waals surface area (Å²) < 4.78 is 5.68. The number of nitrogens with zero attached hydrogens (tertiary/aromatic N) is 3. The molecule has 166 valence electrons. The molecule has 4 nitrogen and oxygen atoms in total. The normalized spacial score (nSPS) is 12.2. The van der Waals surface area contributed by atoms with Crippen molar-refractivity contribution in [2.45, 2.75) is 46.5 Å². The van der Waals surface area contributed by atoms with E-state index in [2.05, 4.69) is 98.1 Å². The van der Waals surface area contributed by atoms with Crippen molar-refractivity contribution in [1.29, 1.82) is 0 Å². The summed E-state index contributed by atoms with van der Waals surface area (Å²) in [5.41, 5.74) is 7.03. The molecule has 0 unspecified atom stereocenters. The van der Waals surface area contributed by atoms with E-state index < -0.39 is 0 Å². The van der Waals surface area contributed by atoms with Crippen LogP contribution in [0.3, 0.4) is 0 Å². The molecule has 0 fully saturated rings. The van der Waals surface area contributed by atoms with Crippen LogP contribution in [-0.4, -0.2) is 15.0 Å². The number of hydrogen-bond donors (Lipinski definition) is 0. The van der Waals surface area contributed by atoms with Crippen molar-refractivity contribution in [3.05, 3.63) is 78.4 Å². The topological polar surface area (TPSA) is 51.8 Å². The number of benzene rings is 2. The van der Waals surface area contributed by atoms with Crippen LogP contribution in [0.5, 0.6) is 0 Å². The van der Waals surface area contributed by atoms with Crippen LogP contribution in [0.2, 0.25) is 0 Å². The van der Waals surface area contributed by atoms with Gasteiger partial charge in [0.05, 0.1) is 17.7 Å². The second-order valence-electron chi connectivity index (χ2n) is 10.2. The molecule has 0 radical (unpaired) electrons. The zero-order valence-corrected chi connectivity index (χ0v) is 19.9. The maximum atomic E-state index is 5.68. The highest BCUT2D eigenvalue weighted by Gasteiger charge is 2.19. The fraction of sp³-hybridized carbons (Fsp3) is 0.276. The molecule has 3 aromatic heterocycles. The maximum absolute atomic E-state index is 5.68. The van der Waals surface area contributed by atoms with Crippen molar-refractivity contribution >= 4 is 21.9 Å². The number of rotatable bonds is 4. The highest BCUT2D eigenvalue weighted by Crippen LogP contribution is 2.35. The van der Waals surface area contributed by atoms with E-state index in [1.807, 2.05) is 12.5 Å². The summed E-state index contributed by atoms with van der Waals surface area (Å²) >= 11 is 0. The smallest absolute Gasteiger partial charge is 0.226 e. The molecular weight excluding hydrogens is 406 g/mol. The Morgan fingerprint density at radius 2 is 1.61 bits per heavy atom. The van der Waals surface area contributed by atoms with Gasteiger partial charge in [-0.25, -0.2) is 15.0 Å². The first kappa shape index (κ1) is 21.3. The average molecular weight is 436 g/mol. The molecule has 0 atom stereocenters. The first-order valence-electron chi connectivity index (χ1n) is 11.5. The van der Waals surface area contributed by atoms with E-state index in [-0.39, 0.29) is 5.41 Å². The summed E-state index contributed by atoms with van der Waals surface area (Å²) in [6.45, 7) is 11.2. The molecule has 0 amide bonds. The van der Waals surface area contributed by atoms with Gasteiger partial charge in [0.1, 0.15) is 6.33 Å². The van der Waals surface area contributed by atoms with Crippen molar-refractivity contribution in [1.82, 2.24) is 15.0 Å². The summed E-state index contributed by atoms with van der Waals surface area (Å²) in [5.74, 6) is 0.546. The van der Waals surface area contributed by atoms with Crippen LogP contribution in [0.1, 0.15) is 45.7 Å². The van der Waals surface area contributed by atoms with Gasteiger partial charge in [-0.05, 0) is 58.4 Å². The zero-order valence-electron chi connectivity index (χ0n) is 19.9. The molecule has 0 aliphatic rings. The van der Waals surface area contributed by atoms with E-state index >= 15 is 0 Å². The molecule has 33 heavy (non-hydrogen) atoms. The van der Waals surface area contributed by atoms with Gasteiger partial charge in [-0.3, -0.25) is 0 Å². The summed E-state index contributed by atoms with van der Waals surface area (Å²) in [6.07, 6.45) is 6.26. The van der Waals surface area contributed by atoms with Crippen molar-refractivity contribution < 1.29 is 4.42 Å². The van der Waals surface area contributed by atoms with Crippen LogP contribution in [0.15, 0.2) is 71.7 Å². The predicted molar refractivity (Wildman–Crippen MR) is 135 cm³/mol. The molecular formula is C29H29N3O. The molecule has 5 aromatic rings. The molecule has 3 heterocycles. The molecule has 0 saturated heterocycles. The summed E-state index contributed by atoms with van der Waals surface area (Å²) in [4.78, 5) is 13.7. The van der Waals surface area contributed by atoms with Crippen LogP contribution in [0, 0.1) is 5.92 Å². The van der Waals surface area contributed by atoms with Crippen LogP contribution in [0.4, 0.5) is 0 Å². The monoisotopic (exact) mass is 435 g/mol. The lowest BCUT2D eigenvalue weighted by atomic mass is 9.82. The number of fused-ring (bicyclic) bond motifs is 2. The molecule has 5 rings (SSSR count). The van der Waals surface area contributed by atoms with Gasteiger partial charge in [-0.1, -0.05) is 58.9 Å². The Morgan fingerprint density at radius 3 is 2.36 bits per heavy atom. The molecule has 0 N–H and O–H groups in total. The Kier molecular flexibility index (Phi) is 5.24. The number of pyridine rings is 1. The van der Waals surface area contributed by atoms with Crippen LogP contribution in [0.25, 0.3) is 44.4 Å². The largest absolute Gasteiger partial charge is 0.446 e. The molecule has 0 aliphatic carbocycles. The minimum Gasteiger partial charge on any atom is -0.446 e. The average Bonchev–Trinajstić information content (AvgIpc) is 3.19. The third kappa shape index (κ3) is 4.13. The van der Waals surface area contributed by atoms with Gasteiger partial charge >= 0.3 is 0 Å². The molecule has 0 saturated carbocycles. The minimum absolute atomic E-state index is 0.0223. The van der Waals surface area contributed by atoms with Crippen LogP contribution >= 0.6 is 0 Å². The lowest BCUT2D eigenvalue weighted by Gasteiger charge is -2.22. The fourth-order valence-electron chi connectivity index (χ4n) is 4.46. The first-order valence-corrected chi connectivity index (χ1v) is 11.5. The predicted octanol–water partition coefficient (Wildman–Crippen LogP) is 7.60. The van der Waals surface area contributed by atoms with E-state index in [1.54, 1.807) is 6.33 Å². The number of furan rings is 1. The summed E-state index contributed by atoms with van der Waals surface area (Å²) in [7, 11) is 0. The van der Waals surface area contributed by atoms with Crippen LogP contribution in [-0.2, 0) is 11.8 Å². The summed E-state index contributed by atoms with van der Waals surface area (Å²) in [5, 5.41) is 3.57. The highest BCUT2D eigenvalue weighted by atomic mass is 16.3. The molecule has 0 aliphatic heterocycles. The second kappa shape index (κ2) is 8.11. The second-order valence-corrected chi connectivity index (χ2v) is 10.2. The Morgan fingerprint density at radius 1 is 0.848 bits per heavy atom. The Hall–Kier alpha value is -3.53. The van der Waals surface area contributed by atoms with Gasteiger partial charge in [0, 0.05) is 28.3 Å². The van der Waals surface area contributed by atoms with E-state index in [4.69, 9.17) is 4.42 Å². The van der Waals surface area contributed by atoms with Gasteiger partial charge in [0.2, 0.25) is 5.71 Å². The van der Waals surface area contributed by atoms with Crippen molar-refractivity contribution in [2.24, 2.45) is 5.92 Å². The lowest BCUT2D eigenvalue weighted by molar-refractivity contribution is 0.585. The van der Waals surface area contributed by atoms with Gasteiger partial charge in [0.15, 0.2) is 0 Å². The Labute approximate surface area is 194 Å². The van der Waals surface area contributed by atoms with E-state index in [9.17, 15) is 0 Å². The van der Waals surface area contributed by atoms with Gasteiger partial charge in [-0.15, -0.1) is 0 Å². The SMILES string of the molecule is CC(C)Cc1coc2ncc(-c3cc(-c4cc(C(C)(C)C)c5ccccc5c4)ncn3)cc12. The quantitative estimate of drug-likeness (QED) is 0.292. The standard InChI is InChI=1S/C29H29N3O/c1-18(2)10-22-16-33-28-24(22)12-21(15-30-28)27-14-26(31-17-32-27)20-11-19-8-6-7-9-23(19)25(13-20)29(3,4)5/h6-9,11-18H,10H2,1-5H3.